The highest BCUT2D eigenvalue weighted by atomic mass is 15.3. The van der Waals surface area contributed by atoms with Gasteiger partial charge in [0, 0.05) is 6.42 Å². The van der Waals surface area contributed by atoms with Crippen molar-refractivity contribution in [1.29, 1.82) is 0 Å². The Hall–Kier alpha value is -1.84. The van der Waals surface area contributed by atoms with Crippen molar-refractivity contribution in [2.24, 2.45) is 0 Å². The molecule has 1 aliphatic rings. The summed E-state index contributed by atoms with van der Waals surface area (Å²) in [4.78, 5) is 0. The molecule has 0 saturated heterocycles. The average molecular weight is 214 g/mol. The molecule has 16 heavy (non-hydrogen) atoms. The Bertz CT molecular complexity index is 528. The molecule has 0 atom stereocenters. The number of benzene rings is 1. The minimum atomic E-state index is 0.753. The Labute approximate surface area is 94.3 Å². The third-order valence-electron chi connectivity index (χ3n) is 3.01. The van der Waals surface area contributed by atoms with Crippen molar-refractivity contribution in [3.63, 3.8) is 0 Å². The van der Waals surface area contributed by atoms with Gasteiger partial charge in [-0.15, -0.1) is 10.2 Å². The summed E-state index contributed by atoms with van der Waals surface area (Å²) in [5, 5.41) is 11.8. The Kier molecular flexibility index (Phi) is 1.96. The van der Waals surface area contributed by atoms with Crippen LogP contribution in [-0.4, -0.2) is 14.8 Å². The van der Waals surface area contributed by atoms with Gasteiger partial charge in [-0.2, -0.15) is 0 Å². The van der Waals surface area contributed by atoms with E-state index in [4.69, 9.17) is 0 Å². The van der Waals surface area contributed by atoms with Crippen LogP contribution < -0.4 is 5.32 Å². The summed E-state index contributed by atoms with van der Waals surface area (Å²) in [7, 11) is 0. The molecule has 82 valence electrons. The molecule has 1 aliphatic heterocycles. The first-order valence-electron chi connectivity index (χ1n) is 5.58. The molecule has 3 rings (SSSR count). The van der Waals surface area contributed by atoms with Gasteiger partial charge < -0.3 is 5.32 Å². The number of fused-ring (bicyclic) bond motifs is 3. The summed E-state index contributed by atoms with van der Waals surface area (Å²) in [6, 6.07) is 6.29. The fourth-order valence-electron chi connectivity index (χ4n) is 2.23. The molecule has 2 aromatic rings. The predicted octanol–water partition coefficient (Wildman–Crippen LogP) is 2.06. The number of hydrogen-bond donors (Lipinski definition) is 1. The van der Waals surface area contributed by atoms with E-state index in [-0.39, 0.29) is 0 Å². The number of hydrogen-bond acceptors (Lipinski definition) is 3. The van der Waals surface area contributed by atoms with E-state index in [1.165, 1.54) is 16.9 Å². The number of rotatable bonds is 1. The standard InChI is InChI=1S/C12H14N4/c1-3-10-14-15-11-7-13-9-6-4-5-8(2)12(9)16(10)11/h4-6,13H,3,7H2,1-2H3. The van der Waals surface area contributed by atoms with Crippen molar-refractivity contribution in [2.45, 2.75) is 26.8 Å². The summed E-state index contributed by atoms with van der Waals surface area (Å²) >= 11 is 0. The number of para-hydroxylation sites is 1. The molecule has 0 bridgehead atoms. The zero-order valence-corrected chi connectivity index (χ0v) is 9.49. The van der Waals surface area contributed by atoms with Crippen molar-refractivity contribution < 1.29 is 0 Å². The van der Waals surface area contributed by atoms with Gasteiger partial charge in [-0.25, -0.2) is 0 Å². The molecule has 1 aromatic carbocycles. The van der Waals surface area contributed by atoms with Crippen LogP contribution in [0.5, 0.6) is 0 Å². The zero-order valence-electron chi connectivity index (χ0n) is 9.49. The van der Waals surface area contributed by atoms with Crippen LogP contribution >= 0.6 is 0 Å². The second-order valence-electron chi connectivity index (χ2n) is 4.05. The SMILES string of the molecule is CCc1nnc2n1-c1c(C)cccc1NC2. The molecule has 0 saturated carbocycles. The van der Waals surface area contributed by atoms with Crippen molar-refractivity contribution in [3.8, 4) is 5.69 Å². The van der Waals surface area contributed by atoms with E-state index in [2.05, 4.69) is 52.1 Å². The number of aromatic nitrogens is 3. The Morgan fingerprint density at radius 1 is 1.38 bits per heavy atom. The van der Waals surface area contributed by atoms with Crippen LogP contribution in [0.15, 0.2) is 18.2 Å². The highest BCUT2D eigenvalue weighted by molar-refractivity contribution is 5.67. The predicted molar refractivity (Wildman–Crippen MR) is 62.8 cm³/mol. The van der Waals surface area contributed by atoms with Crippen LogP contribution in [0.4, 0.5) is 5.69 Å². The number of nitrogens with zero attached hydrogens (tertiary/aromatic N) is 3. The lowest BCUT2D eigenvalue weighted by molar-refractivity contribution is 0.820. The van der Waals surface area contributed by atoms with Gasteiger partial charge in [0.2, 0.25) is 0 Å². The zero-order chi connectivity index (χ0) is 11.1. The van der Waals surface area contributed by atoms with Crippen molar-refractivity contribution in [3.05, 3.63) is 35.4 Å². The van der Waals surface area contributed by atoms with Gasteiger partial charge in [0.1, 0.15) is 5.82 Å². The summed E-state index contributed by atoms with van der Waals surface area (Å²) in [6.45, 7) is 4.98. The lowest BCUT2D eigenvalue weighted by Crippen LogP contribution is -2.18. The van der Waals surface area contributed by atoms with Crippen LogP contribution in [0.2, 0.25) is 0 Å². The Balaban J connectivity index is 2.32. The summed E-state index contributed by atoms with van der Waals surface area (Å²) in [6.07, 6.45) is 0.904. The normalized spacial score (nSPS) is 12.9. The summed E-state index contributed by atoms with van der Waals surface area (Å²) in [5.41, 5.74) is 3.62. The molecule has 1 aromatic heterocycles. The lowest BCUT2D eigenvalue weighted by Gasteiger charge is -2.22. The van der Waals surface area contributed by atoms with Crippen molar-refractivity contribution in [2.75, 3.05) is 5.32 Å². The quantitative estimate of drug-likeness (QED) is 0.790. The Morgan fingerprint density at radius 2 is 2.25 bits per heavy atom. The van der Waals surface area contributed by atoms with Gasteiger partial charge >= 0.3 is 0 Å². The van der Waals surface area contributed by atoms with Crippen LogP contribution in [0, 0.1) is 6.92 Å². The minimum Gasteiger partial charge on any atom is -0.376 e. The molecular weight excluding hydrogens is 200 g/mol. The Morgan fingerprint density at radius 3 is 3.06 bits per heavy atom. The molecule has 4 nitrogen and oxygen atoms in total. The highest BCUT2D eigenvalue weighted by Crippen LogP contribution is 2.30. The first-order chi connectivity index (χ1) is 7.81. The molecule has 0 radical (unpaired) electrons. The molecule has 2 heterocycles. The molecule has 4 heteroatoms. The van der Waals surface area contributed by atoms with Crippen LogP contribution in [0.1, 0.15) is 24.1 Å². The van der Waals surface area contributed by atoms with E-state index in [1.807, 2.05) is 0 Å². The number of nitrogens with one attached hydrogen (secondary N) is 1. The fourth-order valence-corrected chi connectivity index (χ4v) is 2.23. The lowest BCUT2D eigenvalue weighted by atomic mass is 10.1. The molecule has 0 aliphatic carbocycles. The smallest absolute Gasteiger partial charge is 0.157 e. The maximum Gasteiger partial charge on any atom is 0.157 e. The minimum absolute atomic E-state index is 0.753. The second kappa shape index (κ2) is 3.33. The van der Waals surface area contributed by atoms with Gasteiger partial charge in [0.25, 0.3) is 0 Å². The van der Waals surface area contributed by atoms with Crippen molar-refractivity contribution >= 4 is 5.69 Å². The van der Waals surface area contributed by atoms with Gasteiger partial charge in [0.15, 0.2) is 5.82 Å². The third-order valence-corrected chi connectivity index (χ3v) is 3.01. The highest BCUT2D eigenvalue weighted by Gasteiger charge is 2.21. The first kappa shape index (κ1) is 9.39. The van der Waals surface area contributed by atoms with Crippen LogP contribution in [0.25, 0.3) is 5.69 Å². The molecule has 0 fully saturated rings. The van der Waals surface area contributed by atoms with Crippen molar-refractivity contribution in [1.82, 2.24) is 14.8 Å². The van der Waals surface area contributed by atoms with E-state index >= 15 is 0 Å². The number of aryl methyl sites for hydroxylation is 2. The maximum absolute atomic E-state index is 4.23. The summed E-state index contributed by atoms with van der Waals surface area (Å²) in [5.74, 6) is 2.03. The largest absolute Gasteiger partial charge is 0.376 e. The fraction of sp³-hybridized carbons (Fsp3) is 0.333. The average Bonchev–Trinajstić information content (AvgIpc) is 2.72. The summed E-state index contributed by atoms with van der Waals surface area (Å²) < 4.78 is 2.18. The van der Waals surface area contributed by atoms with E-state index in [1.54, 1.807) is 0 Å². The van der Waals surface area contributed by atoms with E-state index < -0.39 is 0 Å². The van der Waals surface area contributed by atoms with Gasteiger partial charge in [-0.1, -0.05) is 19.1 Å². The van der Waals surface area contributed by atoms with Crippen LogP contribution in [-0.2, 0) is 13.0 Å². The van der Waals surface area contributed by atoms with E-state index in [0.717, 1.165) is 24.6 Å². The van der Waals surface area contributed by atoms with Crippen LogP contribution in [0.3, 0.4) is 0 Å². The van der Waals surface area contributed by atoms with Gasteiger partial charge in [-0.05, 0) is 18.6 Å². The first-order valence-corrected chi connectivity index (χ1v) is 5.58. The maximum atomic E-state index is 4.23. The third kappa shape index (κ3) is 1.16. The van der Waals surface area contributed by atoms with Gasteiger partial charge in [-0.3, -0.25) is 4.57 Å². The monoisotopic (exact) mass is 214 g/mol. The number of anilines is 1. The molecule has 0 unspecified atom stereocenters. The molecule has 0 spiro atoms. The topological polar surface area (TPSA) is 42.7 Å². The molecular formula is C12H14N4. The molecule has 1 N–H and O–H groups in total. The van der Waals surface area contributed by atoms with Gasteiger partial charge in [0.05, 0.1) is 17.9 Å². The second-order valence-corrected chi connectivity index (χ2v) is 4.05. The van der Waals surface area contributed by atoms with E-state index in [9.17, 15) is 0 Å². The van der Waals surface area contributed by atoms with E-state index in [0.29, 0.717) is 0 Å². The molecule has 0 amide bonds.